The number of hydrogen-bond donors (Lipinski definition) is 2. The van der Waals surface area contributed by atoms with Crippen molar-refractivity contribution in [2.75, 3.05) is 26.3 Å². The van der Waals surface area contributed by atoms with Gasteiger partial charge in [-0.3, -0.25) is 0 Å². The molecule has 8 heteroatoms. The van der Waals surface area contributed by atoms with Crippen molar-refractivity contribution >= 4 is 0 Å². The molecule has 3 rings (SSSR count). The van der Waals surface area contributed by atoms with Gasteiger partial charge in [0.25, 0.3) is 0 Å². The molecule has 0 radical (unpaired) electrons. The molecule has 0 aromatic carbocycles. The van der Waals surface area contributed by atoms with E-state index in [4.69, 9.17) is 9.47 Å². The lowest BCUT2D eigenvalue weighted by atomic mass is 10.0. The molecular weight excluding hydrogens is 323 g/mol. The zero-order chi connectivity index (χ0) is 17.2. The lowest BCUT2D eigenvalue weighted by molar-refractivity contribution is -0.141. The Hall–Kier alpha value is -1.38. The molecule has 1 aromatic rings. The number of nitrogens with zero attached hydrogens (tertiary/aromatic N) is 1. The van der Waals surface area contributed by atoms with Crippen molar-refractivity contribution in [3.8, 4) is 5.88 Å². The third-order valence-electron chi connectivity index (χ3n) is 4.29. The van der Waals surface area contributed by atoms with Crippen LogP contribution in [0.4, 0.5) is 13.2 Å². The first kappa shape index (κ1) is 17.4. The van der Waals surface area contributed by atoms with E-state index in [1.807, 2.05) is 6.92 Å². The number of piperidine rings is 1. The summed E-state index contributed by atoms with van der Waals surface area (Å²) in [5.41, 5.74) is -0.590. The van der Waals surface area contributed by atoms with E-state index < -0.39 is 11.9 Å². The van der Waals surface area contributed by atoms with Gasteiger partial charge in [-0.2, -0.15) is 13.2 Å². The van der Waals surface area contributed by atoms with Crippen molar-refractivity contribution < 1.29 is 22.6 Å². The van der Waals surface area contributed by atoms with Crippen molar-refractivity contribution in [3.05, 3.63) is 23.4 Å². The summed E-state index contributed by atoms with van der Waals surface area (Å²) < 4.78 is 50.2. The van der Waals surface area contributed by atoms with Crippen LogP contribution in [0.15, 0.2) is 12.1 Å². The number of halogens is 3. The molecule has 0 aliphatic carbocycles. The summed E-state index contributed by atoms with van der Waals surface area (Å²) in [4.78, 5) is 3.66. The van der Waals surface area contributed by atoms with Crippen LogP contribution in [0.5, 0.6) is 5.88 Å². The summed E-state index contributed by atoms with van der Waals surface area (Å²) in [6.45, 7) is 5.01. The van der Waals surface area contributed by atoms with Crippen LogP contribution in [0.25, 0.3) is 0 Å². The fourth-order valence-corrected chi connectivity index (χ4v) is 2.78. The Bertz CT molecular complexity index is 570. The van der Waals surface area contributed by atoms with Crippen LogP contribution in [0.1, 0.15) is 31.0 Å². The minimum absolute atomic E-state index is 0.0449. The van der Waals surface area contributed by atoms with Crippen LogP contribution in [-0.2, 0) is 17.5 Å². The van der Waals surface area contributed by atoms with E-state index in [9.17, 15) is 13.2 Å². The number of rotatable bonds is 5. The van der Waals surface area contributed by atoms with Crippen molar-refractivity contribution in [3.63, 3.8) is 0 Å². The number of hydrogen-bond acceptors (Lipinski definition) is 5. The quantitative estimate of drug-likeness (QED) is 0.856. The van der Waals surface area contributed by atoms with Gasteiger partial charge in [0.1, 0.15) is 11.8 Å². The molecule has 0 amide bonds. The summed E-state index contributed by atoms with van der Waals surface area (Å²) in [5.74, 6) is 0.0449. The van der Waals surface area contributed by atoms with Gasteiger partial charge >= 0.3 is 6.18 Å². The van der Waals surface area contributed by atoms with Gasteiger partial charge in [-0.15, -0.1) is 0 Å². The molecule has 0 bridgehead atoms. The monoisotopic (exact) mass is 345 g/mol. The standard InChI is InChI=1S/C16H22F3N3O2/c1-15(9-23-10-15)21-8-11-6-13(16(17,18)19)22-14(7-11)24-12-2-4-20-5-3-12/h6-7,12,20-21H,2-5,8-10H2,1H3. The zero-order valence-electron chi connectivity index (χ0n) is 13.6. The minimum Gasteiger partial charge on any atom is -0.474 e. The Labute approximate surface area is 138 Å². The first-order valence-corrected chi connectivity index (χ1v) is 8.12. The molecule has 5 nitrogen and oxygen atoms in total. The molecule has 0 saturated carbocycles. The fourth-order valence-electron chi connectivity index (χ4n) is 2.78. The van der Waals surface area contributed by atoms with E-state index in [0.29, 0.717) is 25.3 Å². The van der Waals surface area contributed by atoms with Gasteiger partial charge in [0, 0.05) is 12.6 Å². The average Bonchev–Trinajstić information content (AvgIpc) is 2.51. The van der Waals surface area contributed by atoms with E-state index in [1.54, 1.807) is 6.07 Å². The van der Waals surface area contributed by atoms with Crippen molar-refractivity contribution in [2.24, 2.45) is 0 Å². The Morgan fingerprint density at radius 2 is 2.04 bits per heavy atom. The van der Waals surface area contributed by atoms with Gasteiger partial charge in [0.2, 0.25) is 5.88 Å². The topological polar surface area (TPSA) is 55.4 Å². The molecule has 2 aliphatic rings. The SMILES string of the molecule is CC1(NCc2cc(OC3CCNCC3)nc(C(F)(F)F)c2)COC1. The maximum atomic E-state index is 13.1. The lowest BCUT2D eigenvalue weighted by Crippen LogP contribution is -2.57. The van der Waals surface area contributed by atoms with Gasteiger partial charge in [-0.05, 0) is 44.5 Å². The smallest absolute Gasteiger partial charge is 0.433 e. The summed E-state index contributed by atoms with van der Waals surface area (Å²) in [5, 5.41) is 6.43. The van der Waals surface area contributed by atoms with Crippen LogP contribution in [0.2, 0.25) is 0 Å². The Balaban J connectivity index is 1.74. The summed E-state index contributed by atoms with van der Waals surface area (Å²) in [6.07, 6.45) is -3.06. The number of pyridine rings is 1. The largest absolute Gasteiger partial charge is 0.474 e. The molecule has 2 fully saturated rings. The van der Waals surface area contributed by atoms with E-state index in [1.165, 1.54) is 0 Å². The van der Waals surface area contributed by atoms with E-state index in [-0.39, 0.29) is 17.5 Å². The van der Waals surface area contributed by atoms with Gasteiger partial charge in [0.05, 0.1) is 18.8 Å². The number of ether oxygens (including phenoxy) is 2. The highest BCUT2D eigenvalue weighted by Crippen LogP contribution is 2.31. The van der Waals surface area contributed by atoms with E-state index >= 15 is 0 Å². The molecule has 24 heavy (non-hydrogen) atoms. The molecular formula is C16H22F3N3O2. The predicted octanol–water partition coefficient (Wildman–Crippen LogP) is 2.11. The van der Waals surface area contributed by atoms with E-state index in [0.717, 1.165) is 32.0 Å². The van der Waals surface area contributed by atoms with Crippen molar-refractivity contribution in [1.82, 2.24) is 15.6 Å². The molecule has 134 valence electrons. The first-order chi connectivity index (χ1) is 11.3. The fraction of sp³-hybridized carbons (Fsp3) is 0.688. The summed E-state index contributed by atoms with van der Waals surface area (Å²) >= 11 is 0. The Morgan fingerprint density at radius 3 is 2.62 bits per heavy atom. The minimum atomic E-state index is -4.49. The van der Waals surface area contributed by atoms with Gasteiger partial charge in [-0.25, -0.2) is 4.98 Å². The second-order valence-electron chi connectivity index (χ2n) is 6.67. The Morgan fingerprint density at radius 1 is 1.33 bits per heavy atom. The molecule has 2 saturated heterocycles. The first-order valence-electron chi connectivity index (χ1n) is 8.12. The third kappa shape index (κ3) is 4.37. The van der Waals surface area contributed by atoms with Gasteiger partial charge in [0.15, 0.2) is 0 Å². The van der Waals surface area contributed by atoms with E-state index in [2.05, 4.69) is 15.6 Å². The highest BCUT2D eigenvalue weighted by molar-refractivity contribution is 5.27. The third-order valence-corrected chi connectivity index (χ3v) is 4.29. The van der Waals surface area contributed by atoms with Crippen LogP contribution in [-0.4, -0.2) is 42.9 Å². The van der Waals surface area contributed by atoms with Crippen molar-refractivity contribution in [2.45, 2.75) is 44.1 Å². The molecule has 2 aliphatic heterocycles. The van der Waals surface area contributed by atoms with Gasteiger partial charge in [-0.1, -0.05) is 0 Å². The predicted molar refractivity (Wildman–Crippen MR) is 81.8 cm³/mol. The highest BCUT2D eigenvalue weighted by atomic mass is 19.4. The molecule has 0 unspecified atom stereocenters. The average molecular weight is 345 g/mol. The second-order valence-corrected chi connectivity index (χ2v) is 6.67. The van der Waals surface area contributed by atoms with Crippen LogP contribution in [0, 0.1) is 0 Å². The normalized spacial score (nSPS) is 21.3. The van der Waals surface area contributed by atoms with Crippen LogP contribution in [0.3, 0.4) is 0 Å². The maximum Gasteiger partial charge on any atom is 0.433 e. The number of alkyl halides is 3. The van der Waals surface area contributed by atoms with Crippen LogP contribution >= 0.6 is 0 Å². The Kier molecular flexibility index (Phi) is 4.98. The maximum absolute atomic E-state index is 13.1. The second kappa shape index (κ2) is 6.85. The molecule has 1 aromatic heterocycles. The van der Waals surface area contributed by atoms with Crippen LogP contribution < -0.4 is 15.4 Å². The number of nitrogens with one attached hydrogen (secondary N) is 2. The van der Waals surface area contributed by atoms with Gasteiger partial charge < -0.3 is 20.1 Å². The molecule has 0 spiro atoms. The summed E-state index contributed by atoms with van der Waals surface area (Å²) in [7, 11) is 0. The zero-order valence-corrected chi connectivity index (χ0v) is 13.6. The molecule has 3 heterocycles. The molecule has 0 atom stereocenters. The van der Waals surface area contributed by atoms with Crippen molar-refractivity contribution in [1.29, 1.82) is 0 Å². The number of aromatic nitrogens is 1. The summed E-state index contributed by atoms with van der Waals surface area (Å²) in [6, 6.07) is 2.67. The molecule has 2 N–H and O–H groups in total. The lowest BCUT2D eigenvalue weighted by Gasteiger charge is -2.39. The highest BCUT2D eigenvalue weighted by Gasteiger charge is 2.35.